The van der Waals surface area contributed by atoms with Crippen LogP contribution in [-0.4, -0.2) is 28.9 Å². The minimum absolute atomic E-state index is 0.00584. The molecule has 2 aliphatic rings. The van der Waals surface area contributed by atoms with Crippen molar-refractivity contribution < 1.29 is 0 Å². The van der Waals surface area contributed by atoms with E-state index >= 15 is 0 Å². The van der Waals surface area contributed by atoms with Gasteiger partial charge in [0.25, 0.3) is 5.56 Å². The molecule has 0 radical (unpaired) electrons. The van der Waals surface area contributed by atoms with Crippen LogP contribution in [0, 0.1) is 24.7 Å². The lowest BCUT2D eigenvalue weighted by Gasteiger charge is -2.42. The Kier molecular flexibility index (Phi) is 5.55. The Hall–Kier alpha value is -3.01. The van der Waals surface area contributed by atoms with Crippen LogP contribution in [0.3, 0.4) is 0 Å². The summed E-state index contributed by atoms with van der Waals surface area (Å²) in [6, 6.07) is 15.8. The van der Waals surface area contributed by atoms with E-state index in [4.69, 9.17) is 17.1 Å². The van der Waals surface area contributed by atoms with Gasteiger partial charge in [-0.2, -0.15) is 0 Å². The van der Waals surface area contributed by atoms with Crippen molar-refractivity contribution in [2.45, 2.75) is 37.1 Å². The molecule has 2 aromatic carbocycles. The van der Waals surface area contributed by atoms with Gasteiger partial charge in [0.05, 0.1) is 5.69 Å². The quantitative estimate of drug-likeness (QED) is 0.475. The third kappa shape index (κ3) is 3.66. The van der Waals surface area contributed by atoms with Crippen LogP contribution < -0.4 is 16.2 Å². The molecule has 1 aromatic heterocycles. The maximum absolute atomic E-state index is 13.1. The third-order valence-electron chi connectivity index (χ3n) is 7.33. The fraction of sp³-hybridized carbons (Fsp3) is 0.333. The predicted octanol–water partition coefficient (Wildman–Crippen LogP) is 4.09. The van der Waals surface area contributed by atoms with E-state index in [1.165, 1.54) is 11.1 Å². The highest BCUT2D eigenvalue weighted by Gasteiger charge is 2.46. The number of hydrogen-bond donors (Lipinski definition) is 1. The number of benzene rings is 2. The summed E-state index contributed by atoms with van der Waals surface area (Å²) in [6.45, 7) is 3.57. The molecule has 1 aliphatic carbocycles. The summed E-state index contributed by atoms with van der Waals surface area (Å²) >= 11 is 1.63. The van der Waals surface area contributed by atoms with Crippen molar-refractivity contribution in [3.8, 4) is 18.0 Å². The number of rotatable bonds is 3. The number of nitrogens with two attached hydrogens (primary N) is 1. The summed E-state index contributed by atoms with van der Waals surface area (Å²) < 4.78 is 1.70. The van der Waals surface area contributed by atoms with Crippen molar-refractivity contribution in [2.75, 3.05) is 24.2 Å². The van der Waals surface area contributed by atoms with Crippen LogP contribution in [0.25, 0.3) is 5.69 Å². The summed E-state index contributed by atoms with van der Waals surface area (Å²) in [4.78, 5) is 21.3. The van der Waals surface area contributed by atoms with Gasteiger partial charge in [-0.25, -0.2) is 4.98 Å². The first-order chi connectivity index (χ1) is 16.0. The van der Waals surface area contributed by atoms with Gasteiger partial charge in [-0.15, -0.1) is 18.2 Å². The molecule has 0 unspecified atom stereocenters. The summed E-state index contributed by atoms with van der Waals surface area (Å²) in [5, 5.41) is 0. The Balaban J connectivity index is 1.38. The van der Waals surface area contributed by atoms with E-state index in [-0.39, 0.29) is 17.0 Å². The SMILES string of the molecule is C#Cc1ccc2c(c1)[C@@H](N)C1(CCN(c3cc(=O)n(-c4ccccc4SC)c(C)n3)CC1)C2. The Morgan fingerprint density at radius 1 is 1.18 bits per heavy atom. The summed E-state index contributed by atoms with van der Waals surface area (Å²) in [5.41, 5.74) is 11.1. The topological polar surface area (TPSA) is 64.2 Å². The van der Waals surface area contributed by atoms with Crippen LogP contribution in [0.2, 0.25) is 0 Å². The molecule has 1 spiro atoms. The molecule has 0 bridgehead atoms. The molecule has 2 N–H and O–H groups in total. The van der Waals surface area contributed by atoms with Crippen LogP contribution in [0.1, 0.15) is 41.4 Å². The van der Waals surface area contributed by atoms with E-state index in [1.54, 1.807) is 22.4 Å². The lowest BCUT2D eigenvalue weighted by molar-refractivity contribution is 0.187. The number of aromatic nitrogens is 2. The summed E-state index contributed by atoms with van der Waals surface area (Å²) in [6.07, 6.45) is 10.5. The van der Waals surface area contributed by atoms with Crippen LogP contribution in [-0.2, 0) is 6.42 Å². The van der Waals surface area contributed by atoms with Crippen LogP contribution >= 0.6 is 11.8 Å². The molecule has 168 valence electrons. The number of nitrogens with zero attached hydrogens (tertiary/aromatic N) is 3. The zero-order chi connectivity index (χ0) is 23.2. The molecular formula is C27H28N4OS. The van der Waals surface area contributed by atoms with Crippen LogP contribution in [0.4, 0.5) is 5.82 Å². The van der Waals surface area contributed by atoms with E-state index in [1.807, 2.05) is 43.5 Å². The molecule has 1 atom stereocenters. The van der Waals surface area contributed by atoms with Gasteiger partial charge in [0.1, 0.15) is 11.6 Å². The third-order valence-corrected chi connectivity index (χ3v) is 8.12. The minimum Gasteiger partial charge on any atom is -0.356 e. The van der Waals surface area contributed by atoms with E-state index in [2.05, 4.69) is 23.0 Å². The molecule has 2 heterocycles. The first-order valence-corrected chi connectivity index (χ1v) is 12.5. The molecule has 33 heavy (non-hydrogen) atoms. The first kappa shape index (κ1) is 21.8. The van der Waals surface area contributed by atoms with Crippen molar-refractivity contribution >= 4 is 17.6 Å². The normalized spacial score (nSPS) is 18.8. The average Bonchev–Trinajstić information content (AvgIpc) is 3.09. The van der Waals surface area contributed by atoms with Gasteiger partial charge in [-0.3, -0.25) is 9.36 Å². The molecule has 0 amide bonds. The van der Waals surface area contributed by atoms with Gasteiger partial charge in [0, 0.05) is 35.7 Å². The number of terminal acetylenes is 1. The Morgan fingerprint density at radius 3 is 2.64 bits per heavy atom. The molecule has 5 rings (SSSR count). The number of anilines is 1. The summed E-state index contributed by atoms with van der Waals surface area (Å²) in [5.74, 6) is 4.18. The largest absolute Gasteiger partial charge is 0.356 e. The standard InChI is InChI=1S/C27H28N4OS/c1-4-19-9-10-20-17-27(26(28)21(20)15-19)11-13-30(14-12-27)24-16-25(32)31(18(2)29-24)22-7-5-6-8-23(22)33-3/h1,5-10,15-16,26H,11-14,17,28H2,2-3H3/t26-/m1/s1. The number of thioether (sulfide) groups is 1. The van der Waals surface area contributed by atoms with Crippen molar-refractivity contribution in [2.24, 2.45) is 11.1 Å². The lowest BCUT2D eigenvalue weighted by atomic mass is 9.73. The second-order valence-electron chi connectivity index (χ2n) is 9.07. The maximum atomic E-state index is 13.1. The number of aryl methyl sites for hydroxylation is 1. The Morgan fingerprint density at radius 2 is 1.94 bits per heavy atom. The fourth-order valence-corrected chi connectivity index (χ4v) is 6.06. The van der Waals surface area contributed by atoms with Gasteiger partial charge in [0.2, 0.25) is 0 Å². The molecule has 6 heteroatoms. The predicted molar refractivity (Wildman–Crippen MR) is 135 cm³/mol. The van der Waals surface area contributed by atoms with Gasteiger partial charge < -0.3 is 10.6 Å². The first-order valence-electron chi connectivity index (χ1n) is 11.3. The van der Waals surface area contributed by atoms with Crippen LogP contribution in [0.5, 0.6) is 0 Å². The highest BCUT2D eigenvalue weighted by atomic mass is 32.2. The van der Waals surface area contributed by atoms with Crippen molar-refractivity contribution in [3.05, 3.63) is 81.4 Å². The smallest absolute Gasteiger partial charge is 0.260 e. The van der Waals surface area contributed by atoms with E-state index in [0.717, 1.165) is 54.3 Å². The second-order valence-corrected chi connectivity index (χ2v) is 9.92. The molecule has 3 aromatic rings. The maximum Gasteiger partial charge on any atom is 0.260 e. The zero-order valence-corrected chi connectivity index (χ0v) is 19.9. The lowest BCUT2D eigenvalue weighted by Crippen LogP contribution is -2.45. The molecule has 5 nitrogen and oxygen atoms in total. The monoisotopic (exact) mass is 456 g/mol. The number of hydrogen-bond acceptors (Lipinski definition) is 5. The van der Waals surface area contributed by atoms with Gasteiger partial charge >= 0.3 is 0 Å². The number of fused-ring (bicyclic) bond motifs is 1. The van der Waals surface area contributed by atoms with Crippen molar-refractivity contribution in [1.82, 2.24) is 9.55 Å². The second kappa shape index (κ2) is 8.40. The van der Waals surface area contributed by atoms with Crippen molar-refractivity contribution in [3.63, 3.8) is 0 Å². The van der Waals surface area contributed by atoms with Gasteiger partial charge in [0.15, 0.2) is 0 Å². The van der Waals surface area contributed by atoms with Crippen molar-refractivity contribution in [1.29, 1.82) is 0 Å². The summed E-state index contributed by atoms with van der Waals surface area (Å²) in [7, 11) is 0. The Bertz CT molecular complexity index is 1310. The molecule has 1 saturated heterocycles. The zero-order valence-electron chi connectivity index (χ0n) is 19.0. The highest BCUT2D eigenvalue weighted by molar-refractivity contribution is 7.98. The van der Waals surface area contributed by atoms with E-state index in [0.29, 0.717) is 5.82 Å². The van der Waals surface area contributed by atoms with Gasteiger partial charge in [-0.05, 0) is 73.2 Å². The number of para-hydroxylation sites is 1. The minimum atomic E-state index is -0.0499. The highest BCUT2D eigenvalue weighted by Crippen LogP contribution is 2.51. The van der Waals surface area contributed by atoms with E-state index in [9.17, 15) is 4.79 Å². The molecule has 1 aliphatic heterocycles. The van der Waals surface area contributed by atoms with Gasteiger partial charge in [-0.1, -0.05) is 24.1 Å². The van der Waals surface area contributed by atoms with E-state index < -0.39 is 0 Å². The fourth-order valence-electron chi connectivity index (χ4n) is 5.48. The molecular weight excluding hydrogens is 428 g/mol. The van der Waals surface area contributed by atoms with Crippen LogP contribution in [0.15, 0.2) is 58.2 Å². The average molecular weight is 457 g/mol. The molecule has 0 saturated carbocycles. The number of piperidine rings is 1. The Labute approximate surface area is 199 Å². The molecule has 1 fully saturated rings.